The number of amides is 3. The van der Waals surface area contributed by atoms with Crippen LogP contribution in [-0.2, 0) is 0 Å². The second kappa shape index (κ2) is 9.54. The van der Waals surface area contributed by atoms with Crippen molar-refractivity contribution < 1.29 is 9.59 Å². The maximum atomic E-state index is 12.1. The van der Waals surface area contributed by atoms with Gasteiger partial charge in [-0.3, -0.25) is 9.69 Å². The Bertz CT molecular complexity index is 568. The summed E-state index contributed by atoms with van der Waals surface area (Å²) in [7, 11) is 0. The van der Waals surface area contributed by atoms with Crippen molar-refractivity contribution in [2.24, 2.45) is 0 Å². The molecule has 0 aliphatic carbocycles. The van der Waals surface area contributed by atoms with Crippen molar-refractivity contribution in [3.8, 4) is 0 Å². The molecule has 0 saturated carbocycles. The molecule has 2 unspecified atom stereocenters. The predicted octanol–water partition coefficient (Wildman–Crippen LogP) is 5.10. The van der Waals surface area contributed by atoms with Crippen molar-refractivity contribution in [3.05, 3.63) is 34.9 Å². The van der Waals surface area contributed by atoms with Gasteiger partial charge in [-0.05, 0) is 49.8 Å². The molecule has 1 aromatic carbocycles. The van der Waals surface area contributed by atoms with E-state index in [1.165, 1.54) is 22.2 Å². The highest BCUT2D eigenvalue weighted by molar-refractivity contribution is 8.14. The van der Waals surface area contributed by atoms with Crippen LogP contribution in [0.25, 0.3) is 0 Å². The van der Waals surface area contributed by atoms with Gasteiger partial charge in [0.25, 0.3) is 5.24 Å². The predicted molar refractivity (Wildman–Crippen MR) is 101 cm³/mol. The molecule has 1 heterocycles. The van der Waals surface area contributed by atoms with Crippen LogP contribution in [0.15, 0.2) is 24.3 Å². The van der Waals surface area contributed by atoms with Crippen LogP contribution >= 0.6 is 35.0 Å². The normalized spacial score (nSPS) is 18.7. The average molecular weight is 389 g/mol. The van der Waals surface area contributed by atoms with E-state index in [-0.39, 0.29) is 17.3 Å². The van der Waals surface area contributed by atoms with Gasteiger partial charge in [0.05, 0.1) is 0 Å². The van der Waals surface area contributed by atoms with Crippen LogP contribution in [0.2, 0.25) is 5.02 Å². The highest BCUT2D eigenvalue weighted by atomic mass is 35.5. The minimum Gasteiger partial charge on any atom is -0.338 e. The summed E-state index contributed by atoms with van der Waals surface area (Å²) in [6.07, 6.45) is 2.64. The molecule has 1 fully saturated rings. The van der Waals surface area contributed by atoms with E-state index in [4.69, 9.17) is 23.2 Å². The van der Waals surface area contributed by atoms with Gasteiger partial charge >= 0.3 is 6.03 Å². The molecule has 2 atom stereocenters. The summed E-state index contributed by atoms with van der Waals surface area (Å²) in [6.45, 7) is 2.43. The standard InChI is InChI=1S/C17H22Cl2N2O2S/c1-12-11-24-17(23)21(12)16(22)20-10-2-3-13(8-9-18)14-4-6-15(19)7-5-14/h4-7,12-13H,2-3,8-11H2,1H3,(H,20,22). The van der Waals surface area contributed by atoms with Gasteiger partial charge in [0.15, 0.2) is 0 Å². The number of urea groups is 1. The van der Waals surface area contributed by atoms with Crippen molar-refractivity contribution in [1.82, 2.24) is 10.2 Å². The molecule has 0 spiro atoms. The van der Waals surface area contributed by atoms with Crippen LogP contribution in [0.5, 0.6) is 0 Å². The monoisotopic (exact) mass is 388 g/mol. The first-order valence-electron chi connectivity index (χ1n) is 8.08. The van der Waals surface area contributed by atoms with E-state index in [2.05, 4.69) is 5.32 Å². The number of rotatable bonds is 7. The smallest absolute Gasteiger partial charge is 0.325 e. The summed E-state index contributed by atoms with van der Waals surface area (Å²) >= 11 is 13.0. The number of thioether (sulfide) groups is 1. The van der Waals surface area contributed by atoms with Gasteiger partial charge in [-0.15, -0.1) is 11.6 Å². The first-order valence-corrected chi connectivity index (χ1v) is 9.98. The zero-order chi connectivity index (χ0) is 17.5. The van der Waals surface area contributed by atoms with Crippen LogP contribution < -0.4 is 5.32 Å². The number of nitrogens with one attached hydrogen (secondary N) is 1. The lowest BCUT2D eigenvalue weighted by Crippen LogP contribution is -2.44. The maximum absolute atomic E-state index is 12.1. The first-order chi connectivity index (χ1) is 11.5. The summed E-state index contributed by atoms with van der Waals surface area (Å²) < 4.78 is 0. The van der Waals surface area contributed by atoms with Crippen LogP contribution in [0.1, 0.15) is 37.7 Å². The van der Waals surface area contributed by atoms with Crippen LogP contribution in [-0.4, -0.2) is 40.4 Å². The molecule has 1 N–H and O–H groups in total. The number of nitrogens with zero attached hydrogens (tertiary/aromatic N) is 1. The highest BCUT2D eigenvalue weighted by Crippen LogP contribution is 2.27. The minimum absolute atomic E-state index is 0.0411. The fourth-order valence-corrected chi connectivity index (χ4v) is 4.10. The fraction of sp³-hybridized carbons (Fsp3) is 0.529. The van der Waals surface area contributed by atoms with Crippen LogP contribution in [0.4, 0.5) is 9.59 Å². The third kappa shape index (κ3) is 5.30. The lowest BCUT2D eigenvalue weighted by Gasteiger charge is -2.20. The Morgan fingerprint density at radius 2 is 2.08 bits per heavy atom. The molecule has 0 aromatic heterocycles. The van der Waals surface area contributed by atoms with Crippen molar-refractivity contribution in [1.29, 1.82) is 0 Å². The summed E-state index contributed by atoms with van der Waals surface area (Å²) in [6, 6.07) is 7.49. The summed E-state index contributed by atoms with van der Waals surface area (Å²) in [4.78, 5) is 25.1. The van der Waals surface area contributed by atoms with Crippen molar-refractivity contribution in [2.75, 3.05) is 18.2 Å². The topological polar surface area (TPSA) is 49.4 Å². The SMILES string of the molecule is CC1CSC(=O)N1C(=O)NCCCC(CCCl)c1ccc(Cl)cc1. The Labute approximate surface area is 157 Å². The summed E-state index contributed by atoms with van der Waals surface area (Å²) in [5.41, 5.74) is 1.21. The second-order valence-corrected chi connectivity index (χ2v) is 7.68. The van der Waals surface area contributed by atoms with E-state index in [1.807, 2.05) is 31.2 Å². The molecule has 132 valence electrons. The lowest BCUT2D eigenvalue weighted by molar-refractivity contribution is 0.193. The molecule has 0 bridgehead atoms. The molecular formula is C17H22Cl2N2O2S. The molecule has 0 radical (unpaired) electrons. The van der Waals surface area contributed by atoms with Gasteiger partial charge in [-0.25, -0.2) is 4.79 Å². The van der Waals surface area contributed by atoms with Gasteiger partial charge in [0.1, 0.15) is 0 Å². The molecule has 2 rings (SSSR count). The number of hydrogen-bond donors (Lipinski definition) is 1. The number of alkyl halides is 1. The van der Waals surface area contributed by atoms with Gasteiger partial charge in [-0.1, -0.05) is 35.5 Å². The first kappa shape index (κ1) is 19.4. The number of imide groups is 1. The highest BCUT2D eigenvalue weighted by Gasteiger charge is 2.33. The van der Waals surface area contributed by atoms with E-state index in [0.717, 1.165) is 24.3 Å². The third-order valence-electron chi connectivity index (χ3n) is 4.11. The van der Waals surface area contributed by atoms with E-state index in [9.17, 15) is 9.59 Å². The lowest BCUT2D eigenvalue weighted by atomic mass is 9.92. The van der Waals surface area contributed by atoms with Crippen LogP contribution in [0, 0.1) is 0 Å². The number of halogens is 2. The third-order valence-corrected chi connectivity index (χ3v) is 5.67. The van der Waals surface area contributed by atoms with Crippen molar-refractivity contribution >= 4 is 46.2 Å². The molecule has 1 aliphatic rings. The van der Waals surface area contributed by atoms with Crippen molar-refractivity contribution in [3.63, 3.8) is 0 Å². The largest absolute Gasteiger partial charge is 0.338 e. The van der Waals surface area contributed by atoms with Gasteiger partial charge in [-0.2, -0.15) is 0 Å². The average Bonchev–Trinajstić information content (AvgIpc) is 2.90. The molecule has 1 aliphatic heterocycles. The Balaban J connectivity index is 1.79. The number of hydrogen-bond acceptors (Lipinski definition) is 3. The van der Waals surface area contributed by atoms with Crippen molar-refractivity contribution in [2.45, 2.75) is 38.1 Å². The molecule has 4 nitrogen and oxygen atoms in total. The number of carbonyl (C=O) groups is 2. The van der Waals surface area contributed by atoms with Crippen LogP contribution in [0.3, 0.4) is 0 Å². The summed E-state index contributed by atoms with van der Waals surface area (Å²) in [5.74, 6) is 1.61. The minimum atomic E-state index is -0.294. The maximum Gasteiger partial charge on any atom is 0.325 e. The molecule has 3 amide bonds. The van der Waals surface area contributed by atoms with E-state index in [1.54, 1.807) is 0 Å². The molecule has 24 heavy (non-hydrogen) atoms. The number of benzene rings is 1. The fourth-order valence-electron chi connectivity index (χ4n) is 2.77. The van der Waals surface area contributed by atoms with Gasteiger partial charge < -0.3 is 5.32 Å². The molecule has 1 aromatic rings. The Hall–Kier alpha value is -0.910. The molecule has 7 heteroatoms. The van der Waals surface area contributed by atoms with E-state index < -0.39 is 0 Å². The summed E-state index contributed by atoms with van der Waals surface area (Å²) in [5, 5.41) is 3.40. The zero-order valence-corrected chi connectivity index (χ0v) is 16.0. The van der Waals surface area contributed by atoms with E-state index in [0.29, 0.717) is 24.1 Å². The molecular weight excluding hydrogens is 367 g/mol. The second-order valence-electron chi connectivity index (χ2n) is 5.90. The zero-order valence-electron chi connectivity index (χ0n) is 13.6. The Kier molecular flexibility index (Phi) is 7.72. The quantitative estimate of drug-likeness (QED) is 0.521. The van der Waals surface area contributed by atoms with Gasteiger partial charge in [0.2, 0.25) is 0 Å². The van der Waals surface area contributed by atoms with Gasteiger partial charge in [0, 0.05) is 29.2 Å². The Morgan fingerprint density at radius 1 is 1.38 bits per heavy atom. The Morgan fingerprint density at radius 3 is 2.67 bits per heavy atom. The number of carbonyl (C=O) groups excluding carboxylic acids is 2. The van der Waals surface area contributed by atoms with E-state index >= 15 is 0 Å². The molecule has 1 saturated heterocycles.